The molecule has 0 N–H and O–H groups in total. The summed E-state index contributed by atoms with van der Waals surface area (Å²) in [5.41, 5.74) is 0. The Balaban J connectivity index is 1.83. The van der Waals surface area contributed by atoms with Crippen LogP contribution in [0.4, 0.5) is 0 Å². The Hall–Kier alpha value is -0.420. The first kappa shape index (κ1) is 13.0. The lowest BCUT2D eigenvalue weighted by molar-refractivity contribution is -0.143. The second-order valence-corrected chi connectivity index (χ2v) is 6.66. The third-order valence-corrected chi connectivity index (χ3v) is 5.82. The third kappa shape index (κ3) is 3.07. The van der Waals surface area contributed by atoms with Crippen LogP contribution in [0.1, 0.15) is 19.8 Å². The maximum atomic E-state index is 12.1. The van der Waals surface area contributed by atoms with Gasteiger partial charge in [0, 0.05) is 18.1 Å². The summed E-state index contributed by atoms with van der Waals surface area (Å²) in [4.78, 5) is 23.4. The summed E-state index contributed by atoms with van der Waals surface area (Å²) in [5, 5.41) is 2.02. The van der Waals surface area contributed by atoms with Gasteiger partial charge >= 0.3 is 5.97 Å². The minimum Gasteiger partial charge on any atom is -0.466 e. The first-order chi connectivity index (χ1) is 8.22. The van der Waals surface area contributed by atoms with E-state index in [1.165, 1.54) is 0 Å². The standard InChI is InChI=1S/C12H16O3S2/c1-2-15-10(13)4-3-8-7-17-12-9(11(8)14)5-6-16-12/h5-6,8-9,12H,2-4,7H2,1H3. The van der Waals surface area contributed by atoms with E-state index < -0.39 is 0 Å². The van der Waals surface area contributed by atoms with E-state index in [9.17, 15) is 9.59 Å². The highest BCUT2D eigenvalue weighted by Crippen LogP contribution is 2.44. The average molecular weight is 272 g/mol. The van der Waals surface area contributed by atoms with Crippen LogP contribution in [0.15, 0.2) is 11.5 Å². The maximum absolute atomic E-state index is 12.1. The molecular formula is C12H16O3S2. The van der Waals surface area contributed by atoms with Gasteiger partial charge < -0.3 is 4.74 Å². The molecule has 0 aromatic carbocycles. The predicted octanol–water partition coefficient (Wildman–Crippen LogP) is 2.46. The van der Waals surface area contributed by atoms with E-state index in [1.807, 2.05) is 23.2 Å². The molecule has 2 rings (SSSR count). The van der Waals surface area contributed by atoms with E-state index in [0.717, 1.165) is 5.75 Å². The SMILES string of the molecule is CCOC(=O)CCC1CSC2SC=CC2C1=O. The Morgan fingerprint density at radius 1 is 1.59 bits per heavy atom. The third-order valence-electron chi connectivity index (χ3n) is 2.99. The van der Waals surface area contributed by atoms with E-state index in [4.69, 9.17) is 4.74 Å². The van der Waals surface area contributed by atoms with Crippen LogP contribution >= 0.6 is 23.5 Å². The fourth-order valence-corrected chi connectivity index (χ4v) is 4.81. The van der Waals surface area contributed by atoms with Crippen molar-refractivity contribution in [2.45, 2.75) is 24.3 Å². The number of ketones is 1. The lowest BCUT2D eigenvalue weighted by atomic mass is 9.91. The first-order valence-electron chi connectivity index (χ1n) is 5.85. The summed E-state index contributed by atoms with van der Waals surface area (Å²) in [6, 6.07) is 0. The number of carbonyl (C=O) groups is 2. The molecule has 3 atom stereocenters. The van der Waals surface area contributed by atoms with Gasteiger partial charge in [0.25, 0.3) is 0 Å². The number of esters is 1. The Morgan fingerprint density at radius 3 is 3.18 bits per heavy atom. The van der Waals surface area contributed by atoms with Crippen LogP contribution in [0.3, 0.4) is 0 Å². The van der Waals surface area contributed by atoms with Crippen LogP contribution < -0.4 is 0 Å². The number of carbonyl (C=O) groups excluding carboxylic acids is 2. The van der Waals surface area contributed by atoms with Gasteiger partial charge in [-0.25, -0.2) is 0 Å². The van der Waals surface area contributed by atoms with Crippen molar-refractivity contribution in [2.24, 2.45) is 11.8 Å². The number of hydrogen-bond acceptors (Lipinski definition) is 5. The molecule has 0 saturated carbocycles. The molecule has 2 heterocycles. The number of allylic oxidation sites excluding steroid dienone is 1. The molecule has 0 spiro atoms. The molecule has 17 heavy (non-hydrogen) atoms. The van der Waals surface area contributed by atoms with Gasteiger partial charge in [-0.2, -0.15) is 0 Å². The number of rotatable bonds is 4. The van der Waals surface area contributed by atoms with Crippen LogP contribution in [0.5, 0.6) is 0 Å². The van der Waals surface area contributed by atoms with Crippen LogP contribution in [-0.4, -0.2) is 28.7 Å². The highest BCUT2D eigenvalue weighted by Gasteiger charge is 2.39. The predicted molar refractivity (Wildman–Crippen MR) is 70.8 cm³/mol. The molecule has 3 unspecified atom stereocenters. The zero-order valence-electron chi connectivity index (χ0n) is 9.76. The second kappa shape index (κ2) is 5.96. The maximum Gasteiger partial charge on any atom is 0.305 e. The van der Waals surface area contributed by atoms with Crippen LogP contribution in [0, 0.1) is 11.8 Å². The average Bonchev–Trinajstić information content (AvgIpc) is 2.77. The molecule has 3 nitrogen and oxygen atoms in total. The van der Waals surface area contributed by atoms with Crippen LogP contribution in [-0.2, 0) is 14.3 Å². The Morgan fingerprint density at radius 2 is 2.41 bits per heavy atom. The molecule has 1 fully saturated rings. The molecule has 2 aliphatic rings. The fourth-order valence-electron chi connectivity index (χ4n) is 2.07. The topological polar surface area (TPSA) is 43.4 Å². The molecule has 0 aliphatic carbocycles. The van der Waals surface area contributed by atoms with Crippen molar-refractivity contribution in [1.82, 2.24) is 0 Å². The molecular weight excluding hydrogens is 256 g/mol. The van der Waals surface area contributed by atoms with Gasteiger partial charge in [0.2, 0.25) is 0 Å². The van der Waals surface area contributed by atoms with E-state index in [1.54, 1.807) is 18.7 Å². The summed E-state index contributed by atoms with van der Waals surface area (Å²) in [5.74, 6) is 1.04. The van der Waals surface area contributed by atoms with E-state index >= 15 is 0 Å². The highest BCUT2D eigenvalue weighted by atomic mass is 32.2. The van der Waals surface area contributed by atoms with Gasteiger partial charge in [-0.1, -0.05) is 6.08 Å². The van der Waals surface area contributed by atoms with E-state index in [0.29, 0.717) is 29.8 Å². The summed E-state index contributed by atoms with van der Waals surface area (Å²) in [6.45, 7) is 2.21. The summed E-state index contributed by atoms with van der Waals surface area (Å²) >= 11 is 3.57. The summed E-state index contributed by atoms with van der Waals surface area (Å²) in [6.07, 6.45) is 2.99. The van der Waals surface area contributed by atoms with Crippen molar-refractivity contribution < 1.29 is 14.3 Å². The van der Waals surface area contributed by atoms with Gasteiger partial charge in [0.15, 0.2) is 0 Å². The van der Waals surface area contributed by atoms with Gasteiger partial charge in [-0.15, -0.1) is 23.5 Å². The molecule has 1 saturated heterocycles. The molecule has 0 bridgehead atoms. The van der Waals surface area contributed by atoms with Gasteiger partial charge in [0.1, 0.15) is 5.78 Å². The normalized spacial score (nSPS) is 31.4. The summed E-state index contributed by atoms with van der Waals surface area (Å²) in [7, 11) is 0. The molecule has 94 valence electrons. The van der Waals surface area contributed by atoms with Gasteiger partial charge in [-0.05, 0) is 18.8 Å². The molecule has 2 aliphatic heterocycles. The largest absolute Gasteiger partial charge is 0.466 e. The van der Waals surface area contributed by atoms with Crippen molar-refractivity contribution in [1.29, 1.82) is 0 Å². The molecule has 0 aromatic heterocycles. The second-order valence-electron chi connectivity index (χ2n) is 4.14. The highest BCUT2D eigenvalue weighted by molar-refractivity contribution is 8.18. The molecule has 5 heteroatoms. The summed E-state index contributed by atoms with van der Waals surface area (Å²) < 4.78 is 5.26. The quantitative estimate of drug-likeness (QED) is 0.736. The number of fused-ring (bicyclic) bond motifs is 1. The van der Waals surface area contributed by atoms with Gasteiger partial charge in [0.05, 0.1) is 17.1 Å². The number of hydrogen-bond donors (Lipinski definition) is 0. The monoisotopic (exact) mass is 272 g/mol. The lowest BCUT2D eigenvalue weighted by Gasteiger charge is -2.28. The van der Waals surface area contributed by atoms with Gasteiger partial charge in [-0.3, -0.25) is 9.59 Å². The zero-order valence-corrected chi connectivity index (χ0v) is 11.4. The van der Waals surface area contributed by atoms with Crippen LogP contribution in [0.25, 0.3) is 0 Å². The molecule has 0 amide bonds. The van der Waals surface area contributed by atoms with E-state index in [2.05, 4.69) is 0 Å². The van der Waals surface area contributed by atoms with Crippen molar-refractivity contribution in [3.8, 4) is 0 Å². The fraction of sp³-hybridized carbons (Fsp3) is 0.667. The van der Waals surface area contributed by atoms with E-state index in [-0.39, 0.29) is 17.8 Å². The van der Waals surface area contributed by atoms with Crippen molar-refractivity contribution in [3.63, 3.8) is 0 Å². The smallest absolute Gasteiger partial charge is 0.305 e. The number of thioether (sulfide) groups is 2. The Kier molecular flexibility index (Phi) is 4.56. The van der Waals surface area contributed by atoms with Crippen molar-refractivity contribution >= 4 is 35.3 Å². The number of ether oxygens (including phenoxy) is 1. The molecule has 0 aromatic rings. The lowest BCUT2D eigenvalue weighted by Crippen LogP contribution is -2.34. The van der Waals surface area contributed by atoms with Crippen LogP contribution in [0.2, 0.25) is 0 Å². The van der Waals surface area contributed by atoms with Crippen molar-refractivity contribution in [2.75, 3.05) is 12.4 Å². The molecule has 0 radical (unpaired) electrons. The zero-order chi connectivity index (χ0) is 12.3. The Bertz CT molecular complexity index is 341. The number of Topliss-reactive ketones (excluding diaryl/α,β-unsaturated/α-hetero) is 1. The Labute approximate surface area is 110 Å². The minimum atomic E-state index is -0.191. The first-order valence-corrected chi connectivity index (χ1v) is 7.84. The van der Waals surface area contributed by atoms with Crippen molar-refractivity contribution in [3.05, 3.63) is 11.5 Å². The minimum absolute atomic E-state index is 0.0222.